The summed E-state index contributed by atoms with van der Waals surface area (Å²) in [4.78, 5) is 14.5. The summed E-state index contributed by atoms with van der Waals surface area (Å²) < 4.78 is 42.7. The number of rotatable bonds is 3. The van der Waals surface area contributed by atoms with Gasteiger partial charge in [-0.05, 0) is 18.5 Å². The molecule has 2 aromatic heterocycles. The van der Waals surface area contributed by atoms with Crippen LogP contribution in [-0.4, -0.2) is 42.0 Å². The largest absolute Gasteiger partial charge is 0.451 e. The van der Waals surface area contributed by atoms with E-state index in [1.54, 1.807) is 0 Å². The van der Waals surface area contributed by atoms with E-state index in [9.17, 15) is 13.2 Å². The number of hydrogen-bond acceptors (Lipinski definition) is 6. The second-order valence-corrected chi connectivity index (χ2v) is 3.67. The Kier molecular flexibility index (Phi) is 3.51. The molecule has 0 aromatic carbocycles. The molecule has 2 aromatic rings. The zero-order chi connectivity index (χ0) is 14.0. The Labute approximate surface area is 109 Å². The summed E-state index contributed by atoms with van der Waals surface area (Å²) in [6.45, 7) is 0.826. The van der Waals surface area contributed by atoms with E-state index in [1.807, 2.05) is 0 Å². The van der Waals surface area contributed by atoms with Gasteiger partial charge in [0.15, 0.2) is 6.10 Å². The number of alkyl halides is 3. The minimum Gasteiger partial charge on any atom is -0.451 e. The molecule has 0 aliphatic heterocycles. The highest BCUT2D eigenvalue weighted by atomic mass is 35.5. The average molecular weight is 295 g/mol. The van der Waals surface area contributed by atoms with Crippen LogP contribution in [0.5, 0.6) is 6.01 Å². The van der Waals surface area contributed by atoms with Crippen molar-refractivity contribution in [1.29, 1.82) is 0 Å². The zero-order valence-corrected chi connectivity index (χ0v) is 10.1. The third-order valence-corrected chi connectivity index (χ3v) is 2.11. The van der Waals surface area contributed by atoms with Gasteiger partial charge in [0.1, 0.15) is 12.7 Å². The van der Waals surface area contributed by atoms with Gasteiger partial charge in [0.05, 0.1) is 0 Å². The maximum atomic E-state index is 12.4. The highest BCUT2D eigenvalue weighted by Gasteiger charge is 2.38. The SMILES string of the molecule is CC(Oc1nc(Cl)nc(-n2cncn2)n1)C(F)(F)F. The molecule has 11 heteroatoms. The van der Waals surface area contributed by atoms with Crippen molar-refractivity contribution < 1.29 is 17.9 Å². The summed E-state index contributed by atoms with van der Waals surface area (Å²) in [5.74, 6) is -0.0955. The van der Waals surface area contributed by atoms with Gasteiger partial charge in [-0.25, -0.2) is 4.98 Å². The van der Waals surface area contributed by atoms with Gasteiger partial charge in [0, 0.05) is 0 Å². The molecule has 0 aliphatic rings. The molecule has 2 rings (SSSR count). The standard InChI is InChI=1S/C8H6ClF3N6O/c1-4(8(10,11)12)19-7-16-5(9)15-6(17-7)18-3-13-2-14-18/h2-4H,1H3. The van der Waals surface area contributed by atoms with E-state index < -0.39 is 18.3 Å². The Morgan fingerprint density at radius 3 is 2.63 bits per heavy atom. The third-order valence-electron chi connectivity index (χ3n) is 1.94. The van der Waals surface area contributed by atoms with E-state index in [1.165, 1.54) is 12.7 Å². The molecule has 0 saturated carbocycles. The van der Waals surface area contributed by atoms with Crippen LogP contribution >= 0.6 is 11.6 Å². The van der Waals surface area contributed by atoms with Crippen molar-refractivity contribution in [2.45, 2.75) is 19.2 Å². The van der Waals surface area contributed by atoms with Gasteiger partial charge in [-0.2, -0.15) is 37.9 Å². The van der Waals surface area contributed by atoms with Crippen LogP contribution in [0, 0.1) is 0 Å². The lowest BCUT2D eigenvalue weighted by molar-refractivity contribution is -0.190. The molecule has 1 atom stereocenters. The Morgan fingerprint density at radius 1 is 1.32 bits per heavy atom. The first-order valence-corrected chi connectivity index (χ1v) is 5.24. The number of hydrogen-bond donors (Lipinski definition) is 0. The van der Waals surface area contributed by atoms with Crippen molar-refractivity contribution in [2.75, 3.05) is 0 Å². The van der Waals surface area contributed by atoms with Crippen molar-refractivity contribution in [2.24, 2.45) is 0 Å². The van der Waals surface area contributed by atoms with Crippen LogP contribution in [0.15, 0.2) is 12.7 Å². The summed E-state index contributed by atoms with van der Waals surface area (Å²) >= 11 is 5.58. The zero-order valence-electron chi connectivity index (χ0n) is 9.34. The summed E-state index contributed by atoms with van der Waals surface area (Å²) in [6, 6.07) is -0.546. The van der Waals surface area contributed by atoms with Gasteiger partial charge in [-0.15, -0.1) is 0 Å². The fourth-order valence-electron chi connectivity index (χ4n) is 1.01. The van der Waals surface area contributed by atoms with Gasteiger partial charge in [0.2, 0.25) is 5.28 Å². The van der Waals surface area contributed by atoms with E-state index in [0.717, 1.165) is 11.6 Å². The highest BCUT2D eigenvalue weighted by Crippen LogP contribution is 2.23. The first-order valence-electron chi connectivity index (χ1n) is 4.86. The fourth-order valence-corrected chi connectivity index (χ4v) is 1.16. The summed E-state index contributed by atoms with van der Waals surface area (Å²) in [7, 11) is 0. The Morgan fingerprint density at radius 2 is 2.05 bits per heavy atom. The van der Waals surface area contributed by atoms with Crippen LogP contribution in [0.2, 0.25) is 5.28 Å². The van der Waals surface area contributed by atoms with Gasteiger partial charge < -0.3 is 4.74 Å². The number of aromatic nitrogens is 6. The van der Waals surface area contributed by atoms with Crippen LogP contribution in [0.1, 0.15) is 6.92 Å². The van der Waals surface area contributed by atoms with Crippen molar-refractivity contribution in [3.8, 4) is 12.0 Å². The van der Waals surface area contributed by atoms with Gasteiger partial charge >= 0.3 is 12.2 Å². The fraction of sp³-hybridized carbons (Fsp3) is 0.375. The second-order valence-electron chi connectivity index (χ2n) is 3.33. The minimum atomic E-state index is -4.54. The molecule has 19 heavy (non-hydrogen) atoms. The normalized spacial score (nSPS) is 13.3. The molecule has 0 bridgehead atoms. The quantitative estimate of drug-likeness (QED) is 0.852. The molecule has 7 nitrogen and oxygen atoms in total. The monoisotopic (exact) mass is 294 g/mol. The number of ether oxygens (including phenoxy) is 1. The highest BCUT2D eigenvalue weighted by molar-refractivity contribution is 6.28. The maximum Gasteiger partial charge on any atom is 0.425 e. The lowest BCUT2D eigenvalue weighted by Crippen LogP contribution is -2.32. The lowest BCUT2D eigenvalue weighted by atomic mass is 10.4. The third kappa shape index (κ3) is 3.28. The summed E-state index contributed by atoms with van der Waals surface area (Å²) in [5, 5.41) is 3.40. The van der Waals surface area contributed by atoms with Crippen LogP contribution in [0.25, 0.3) is 5.95 Å². The Balaban J connectivity index is 2.28. The smallest absolute Gasteiger partial charge is 0.425 e. The molecule has 102 valence electrons. The molecule has 0 saturated heterocycles. The average Bonchev–Trinajstić information content (AvgIpc) is 2.80. The van der Waals surface area contributed by atoms with Gasteiger partial charge in [0.25, 0.3) is 5.95 Å². The number of nitrogens with zero attached hydrogens (tertiary/aromatic N) is 6. The summed E-state index contributed by atoms with van der Waals surface area (Å²) in [5.41, 5.74) is 0. The first-order chi connectivity index (χ1) is 8.86. The summed E-state index contributed by atoms with van der Waals surface area (Å²) in [6.07, 6.45) is -4.15. The molecule has 0 fully saturated rings. The predicted octanol–water partition coefficient (Wildman–Crippen LogP) is 1.44. The molecule has 0 N–H and O–H groups in total. The van der Waals surface area contributed by atoms with E-state index >= 15 is 0 Å². The minimum absolute atomic E-state index is 0.0955. The van der Waals surface area contributed by atoms with Crippen molar-refractivity contribution in [3.05, 3.63) is 17.9 Å². The van der Waals surface area contributed by atoms with E-state index in [2.05, 4.69) is 29.8 Å². The molecular formula is C8H6ClF3N6O. The van der Waals surface area contributed by atoms with Crippen LogP contribution in [0.4, 0.5) is 13.2 Å². The molecule has 0 amide bonds. The first kappa shape index (κ1) is 13.5. The Hall–Kier alpha value is -1.97. The lowest BCUT2D eigenvalue weighted by Gasteiger charge is -2.16. The molecular weight excluding hydrogens is 289 g/mol. The predicted molar refractivity (Wildman–Crippen MR) is 55.9 cm³/mol. The molecule has 1 unspecified atom stereocenters. The molecule has 2 heterocycles. The molecule has 0 aliphatic carbocycles. The van der Waals surface area contributed by atoms with Crippen LogP contribution in [-0.2, 0) is 0 Å². The van der Waals surface area contributed by atoms with E-state index in [4.69, 9.17) is 11.6 Å². The van der Waals surface area contributed by atoms with E-state index in [-0.39, 0.29) is 11.2 Å². The number of halogens is 4. The second kappa shape index (κ2) is 4.96. The topological polar surface area (TPSA) is 78.6 Å². The van der Waals surface area contributed by atoms with Gasteiger partial charge in [-0.3, -0.25) is 0 Å². The Bertz CT molecular complexity index is 560. The van der Waals surface area contributed by atoms with Crippen molar-refractivity contribution in [1.82, 2.24) is 29.7 Å². The molecule has 0 radical (unpaired) electrons. The van der Waals surface area contributed by atoms with Crippen LogP contribution < -0.4 is 4.74 Å². The van der Waals surface area contributed by atoms with E-state index in [0.29, 0.717) is 0 Å². The van der Waals surface area contributed by atoms with Crippen molar-refractivity contribution in [3.63, 3.8) is 0 Å². The van der Waals surface area contributed by atoms with Crippen molar-refractivity contribution >= 4 is 11.6 Å². The van der Waals surface area contributed by atoms with Gasteiger partial charge in [-0.1, -0.05) is 0 Å². The van der Waals surface area contributed by atoms with Crippen LogP contribution in [0.3, 0.4) is 0 Å². The maximum absolute atomic E-state index is 12.4. The molecule has 0 spiro atoms.